The molecule has 0 fully saturated rings. The molecule has 0 aliphatic carbocycles. The molecule has 3 N–H and O–H groups in total. The van der Waals surface area contributed by atoms with E-state index in [1.165, 1.54) is 95.6 Å². The van der Waals surface area contributed by atoms with Crippen LogP contribution in [-0.4, -0.2) is 15.0 Å². The number of hydrogen-bond donors (Lipinski definition) is 2. The Balaban J connectivity index is 1.49. The number of nitrogens with two attached hydrogens (primary N) is 1. The molecule has 34 heavy (non-hydrogen) atoms. The molecule has 2 rings (SSSR count). The van der Waals surface area contributed by atoms with E-state index in [0.717, 1.165) is 12.2 Å². The first-order chi connectivity index (χ1) is 16.5. The average molecular weight is 489 g/mol. The van der Waals surface area contributed by atoms with Gasteiger partial charge in [-0.1, -0.05) is 90.4 Å². The van der Waals surface area contributed by atoms with Crippen LogP contribution in [0.1, 0.15) is 96.8 Å². The lowest BCUT2D eigenvalue weighted by molar-refractivity contribution is 0.304. The van der Waals surface area contributed by atoms with Crippen molar-refractivity contribution in [1.82, 2.24) is 0 Å². The Kier molecular flexibility index (Phi) is 13.5. The van der Waals surface area contributed by atoms with Gasteiger partial charge in [0.2, 0.25) is 0 Å². The predicted octanol–water partition coefficient (Wildman–Crippen LogP) is 7.93. The molecule has 5 nitrogen and oxygen atoms in total. The first-order valence-electron chi connectivity index (χ1n) is 13.1. The topological polar surface area (TPSA) is 81.4 Å². The minimum atomic E-state index is -3.63. The zero-order chi connectivity index (χ0) is 24.5. The van der Waals surface area contributed by atoms with E-state index in [0.29, 0.717) is 18.0 Å². The fourth-order valence-corrected chi connectivity index (χ4v) is 5.03. The van der Waals surface area contributed by atoms with Crippen molar-refractivity contribution in [2.24, 2.45) is 0 Å². The van der Waals surface area contributed by atoms with E-state index in [9.17, 15) is 8.42 Å². The lowest BCUT2D eigenvalue weighted by atomic mass is 10.0. The fraction of sp³-hybridized carbons (Fsp3) is 0.571. The summed E-state index contributed by atoms with van der Waals surface area (Å²) in [4.78, 5) is 0.180. The average Bonchev–Trinajstić information content (AvgIpc) is 2.82. The highest BCUT2D eigenvalue weighted by atomic mass is 32.2. The van der Waals surface area contributed by atoms with Crippen LogP contribution in [0.5, 0.6) is 5.75 Å². The van der Waals surface area contributed by atoms with Crippen LogP contribution in [0.3, 0.4) is 0 Å². The van der Waals surface area contributed by atoms with E-state index in [2.05, 4.69) is 11.6 Å². The number of nitrogen functional groups attached to an aromatic ring is 1. The highest BCUT2D eigenvalue weighted by Crippen LogP contribution is 2.20. The first kappa shape index (κ1) is 28.0. The SMILES string of the molecule is CCCCCCCCCCCCCCCCOc1ccc(NS(=O)(=O)c2ccc(N)cc2)cc1. The van der Waals surface area contributed by atoms with Gasteiger partial charge in [-0.05, 0) is 55.0 Å². The highest BCUT2D eigenvalue weighted by Gasteiger charge is 2.13. The van der Waals surface area contributed by atoms with Crippen LogP contribution in [0, 0.1) is 0 Å². The predicted molar refractivity (Wildman–Crippen MR) is 144 cm³/mol. The number of sulfonamides is 1. The molecule has 0 aromatic heterocycles. The molecule has 0 spiro atoms. The van der Waals surface area contributed by atoms with E-state index >= 15 is 0 Å². The maximum absolute atomic E-state index is 12.4. The Labute approximate surface area is 207 Å². The number of rotatable bonds is 19. The summed E-state index contributed by atoms with van der Waals surface area (Å²) in [5.41, 5.74) is 6.65. The standard InChI is InChI=1S/C28H44N2O3S/c1-2-3-4-5-6-7-8-9-10-11-12-13-14-15-24-33-27-20-18-26(19-21-27)30-34(31,32)28-22-16-25(29)17-23-28/h16-23,30H,2-15,24,29H2,1H3. The maximum Gasteiger partial charge on any atom is 0.261 e. The van der Waals surface area contributed by atoms with Crippen LogP contribution in [0.15, 0.2) is 53.4 Å². The minimum absolute atomic E-state index is 0.180. The normalized spacial score (nSPS) is 11.4. The Morgan fingerprint density at radius 2 is 1.15 bits per heavy atom. The third-order valence-electron chi connectivity index (χ3n) is 6.06. The summed E-state index contributed by atoms with van der Waals surface area (Å²) >= 11 is 0. The Hall–Kier alpha value is -2.21. The van der Waals surface area contributed by atoms with Crippen molar-refractivity contribution < 1.29 is 13.2 Å². The van der Waals surface area contributed by atoms with Crippen LogP contribution in [0.4, 0.5) is 11.4 Å². The van der Waals surface area contributed by atoms with Gasteiger partial charge in [0.25, 0.3) is 10.0 Å². The third kappa shape index (κ3) is 11.8. The van der Waals surface area contributed by atoms with E-state index < -0.39 is 10.0 Å². The molecular formula is C28H44N2O3S. The second-order valence-electron chi connectivity index (χ2n) is 9.14. The molecule has 0 amide bonds. The number of nitrogens with one attached hydrogen (secondary N) is 1. The van der Waals surface area contributed by atoms with Crippen molar-refractivity contribution in [3.63, 3.8) is 0 Å². The molecule has 0 aliphatic rings. The van der Waals surface area contributed by atoms with Crippen LogP contribution >= 0.6 is 0 Å². The van der Waals surface area contributed by atoms with Crippen molar-refractivity contribution in [3.05, 3.63) is 48.5 Å². The van der Waals surface area contributed by atoms with E-state index in [1.807, 2.05) is 0 Å². The number of ether oxygens (including phenoxy) is 1. The first-order valence-corrected chi connectivity index (χ1v) is 14.6. The number of hydrogen-bond acceptors (Lipinski definition) is 4. The van der Waals surface area contributed by atoms with Gasteiger partial charge in [0.15, 0.2) is 0 Å². The lowest BCUT2D eigenvalue weighted by Crippen LogP contribution is -2.12. The summed E-state index contributed by atoms with van der Waals surface area (Å²) < 4.78 is 33.3. The molecule has 0 radical (unpaired) electrons. The van der Waals surface area contributed by atoms with Crippen LogP contribution in [0.25, 0.3) is 0 Å². The van der Waals surface area contributed by atoms with E-state index in [-0.39, 0.29) is 4.90 Å². The number of benzene rings is 2. The number of anilines is 2. The van der Waals surface area contributed by atoms with E-state index in [4.69, 9.17) is 10.5 Å². The Morgan fingerprint density at radius 1 is 0.676 bits per heavy atom. The van der Waals surface area contributed by atoms with Gasteiger partial charge in [-0.3, -0.25) is 4.72 Å². The summed E-state index contributed by atoms with van der Waals surface area (Å²) in [6.07, 6.45) is 18.7. The summed E-state index contributed by atoms with van der Waals surface area (Å²) in [5.74, 6) is 0.755. The van der Waals surface area contributed by atoms with Crippen molar-refractivity contribution in [2.45, 2.75) is 102 Å². The molecule has 0 saturated carbocycles. The molecule has 0 heterocycles. The molecule has 0 bridgehead atoms. The summed E-state index contributed by atoms with van der Waals surface area (Å²) in [6, 6.07) is 13.2. The quantitative estimate of drug-likeness (QED) is 0.155. The minimum Gasteiger partial charge on any atom is -0.494 e. The van der Waals surface area contributed by atoms with Gasteiger partial charge in [0, 0.05) is 11.4 Å². The van der Waals surface area contributed by atoms with Crippen LogP contribution in [-0.2, 0) is 10.0 Å². The van der Waals surface area contributed by atoms with Crippen molar-refractivity contribution in [3.8, 4) is 5.75 Å². The Bertz CT molecular complexity index is 881. The second kappa shape index (κ2) is 16.4. The molecule has 2 aromatic carbocycles. The largest absolute Gasteiger partial charge is 0.494 e. The fourth-order valence-electron chi connectivity index (χ4n) is 3.97. The summed E-state index contributed by atoms with van der Waals surface area (Å²) in [5, 5.41) is 0. The zero-order valence-corrected chi connectivity index (χ0v) is 21.8. The molecule has 6 heteroatoms. The molecular weight excluding hydrogens is 444 g/mol. The van der Waals surface area contributed by atoms with E-state index in [1.54, 1.807) is 36.4 Å². The Morgan fingerprint density at radius 3 is 1.65 bits per heavy atom. The van der Waals surface area contributed by atoms with Crippen molar-refractivity contribution in [1.29, 1.82) is 0 Å². The van der Waals surface area contributed by atoms with Gasteiger partial charge >= 0.3 is 0 Å². The van der Waals surface area contributed by atoms with Gasteiger partial charge in [-0.25, -0.2) is 8.42 Å². The van der Waals surface area contributed by atoms with Gasteiger partial charge in [-0.15, -0.1) is 0 Å². The van der Waals surface area contributed by atoms with Gasteiger partial charge in [0.05, 0.1) is 11.5 Å². The lowest BCUT2D eigenvalue weighted by Gasteiger charge is -2.10. The van der Waals surface area contributed by atoms with Crippen LogP contribution in [0.2, 0.25) is 0 Å². The summed E-state index contributed by atoms with van der Waals surface area (Å²) in [6.45, 7) is 2.96. The number of unbranched alkanes of at least 4 members (excludes halogenated alkanes) is 13. The van der Waals surface area contributed by atoms with Crippen molar-refractivity contribution >= 4 is 21.4 Å². The molecule has 0 aliphatic heterocycles. The molecule has 0 unspecified atom stereocenters. The van der Waals surface area contributed by atoms with Gasteiger partial charge < -0.3 is 10.5 Å². The van der Waals surface area contributed by atoms with Gasteiger partial charge in [-0.2, -0.15) is 0 Å². The molecule has 2 aromatic rings. The molecule has 190 valence electrons. The second-order valence-corrected chi connectivity index (χ2v) is 10.8. The van der Waals surface area contributed by atoms with Crippen molar-refractivity contribution in [2.75, 3.05) is 17.1 Å². The smallest absolute Gasteiger partial charge is 0.261 e. The molecule has 0 saturated heterocycles. The summed E-state index contributed by atoms with van der Waals surface area (Å²) in [7, 11) is -3.63. The maximum atomic E-state index is 12.4. The molecule has 0 atom stereocenters. The third-order valence-corrected chi connectivity index (χ3v) is 7.46. The van der Waals surface area contributed by atoms with Crippen LogP contribution < -0.4 is 15.2 Å². The zero-order valence-electron chi connectivity index (χ0n) is 20.9. The highest BCUT2D eigenvalue weighted by molar-refractivity contribution is 7.92. The monoisotopic (exact) mass is 488 g/mol. The van der Waals surface area contributed by atoms with Gasteiger partial charge in [0.1, 0.15) is 5.75 Å².